The van der Waals surface area contributed by atoms with Crippen molar-refractivity contribution in [3.63, 3.8) is 0 Å². The van der Waals surface area contributed by atoms with Crippen LogP contribution >= 0.6 is 0 Å². The summed E-state index contributed by atoms with van der Waals surface area (Å²) in [4.78, 5) is 12.9. The number of carbonyl (C=O) groups is 1. The molecular weight excluding hydrogens is 472 g/mol. The Kier molecular flexibility index (Phi) is 8.01. The molecule has 2 aliphatic carbocycles. The molecule has 0 amide bonds. The minimum Gasteiger partial charge on any atom is -0.461 e. The lowest BCUT2D eigenvalue weighted by molar-refractivity contribution is -0.162. The van der Waals surface area contributed by atoms with Crippen LogP contribution in [0.1, 0.15) is 61.3 Å². The molecule has 2 aromatic carbocycles. The highest BCUT2D eigenvalue weighted by molar-refractivity contribution is 6.99. The van der Waals surface area contributed by atoms with Gasteiger partial charge in [0, 0.05) is 18.9 Å². The Labute approximate surface area is 225 Å². The van der Waals surface area contributed by atoms with E-state index in [0.717, 1.165) is 12.8 Å². The Morgan fingerprint density at radius 3 is 1.97 bits per heavy atom. The minimum absolute atomic E-state index is 0.0726. The topological polar surface area (TPSA) is 35.5 Å². The summed E-state index contributed by atoms with van der Waals surface area (Å²) in [5.41, 5.74) is 0.777. The number of rotatable bonds is 6. The molecular formula is C33H44O3Si. The number of allylic oxidation sites excluding steroid dienone is 2. The van der Waals surface area contributed by atoms with Gasteiger partial charge in [-0.25, -0.2) is 0 Å². The highest BCUT2D eigenvalue weighted by Crippen LogP contribution is 2.44. The summed E-state index contributed by atoms with van der Waals surface area (Å²) in [5, 5.41) is 2.52. The van der Waals surface area contributed by atoms with Crippen LogP contribution in [-0.4, -0.2) is 27.0 Å². The van der Waals surface area contributed by atoms with Crippen LogP contribution in [-0.2, 0) is 14.0 Å². The second-order valence-corrected chi connectivity index (χ2v) is 17.2. The number of hydrogen-bond acceptors (Lipinski definition) is 3. The first kappa shape index (κ1) is 27.6. The van der Waals surface area contributed by atoms with Gasteiger partial charge in [-0.05, 0) is 60.0 Å². The molecule has 4 rings (SSSR count). The van der Waals surface area contributed by atoms with Crippen LogP contribution in [0.25, 0.3) is 0 Å². The maximum absolute atomic E-state index is 12.9. The van der Waals surface area contributed by atoms with Gasteiger partial charge in [0.15, 0.2) is 0 Å². The smallest absolute Gasteiger partial charge is 0.311 e. The number of benzene rings is 2. The molecule has 0 saturated heterocycles. The molecule has 0 aliphatic heterocycles. The largest absolute Gasteiger partial charge is 0.461 e. The molecule has 0 bridgehead atoms. The molecule has 3 nitrogen and oxygen atoms in total. The van der Waals surface area contributed by atoms with Crippen molar-refractivity contribution in [3.05, 3.63) is 84.5 Å². The Bertz CT molecular complexity index is 1080. The third kappa shape index (κ3) is 5.56. The zero-order valence-corrected chi connectivity index (χ0v) is 24.7. The van der Waals surface area contributed by atoms with Crippen LogP contribution in [0.15, 0.2) is 84.5 Å². The molecule has 2 aromatic rings. The fraction of sp³-hybridized carbons (Fsp3) is 0.485. The first-order chi connectivity index (χ1) is 17.4. The van der Waals surface area contributed by atoms with E-state index in [1.807, 2.05) is 20.8 Å². The van der Waals surface area contributed by atoms with Crippen molar-refractivity contribution in [3.8, 4) is 0 Å². The van der Waals surface area contributed by atoms with Gasteiger partial charge in [-0.2, -0.15) is 0 Å². The third-order valence-corrected chi connectivity index (χ3v) is 13.2. The molecule has 2 aliphatic rings. The predicted octanol–water partition coefficient (Wildman–Crippen LogP) is 6.68. The Hall–Kier alpha value is -2.43. The van der Waals surface area contributed by atoms with Gasteiger partial charge < -0.3 is 9.16 Å². The molecule has 0 aromatic heterocycles. The van der Waals surface area contributed by atoms with E-state index < -0.39 is 13.7 Å². The summed E-state index contributed by atoms with van der Waals surface area (Å²) < 4.78 is 13.6. The van der Waals surface area contributed by atoms with Gasteiger partial charge in [0.1, 0.15) is 6.10 Å². The Morgan fingerprint density at radius 1 is 0.892 bits per heavy atom. The monoisotopic (exact) mass is 516 g/mol. The standard InChI is InChI=1S/C33H44O3Si/c1-24-21-22-25-15-14-20-29(36-31(34)32(2,3)4)30(25)28(24)23-35-37(33(5,6)7,26-16-10-8-11-17-26)27-18-12-9-13-19-27/h8-19,22,24,28-30H,20-21,23H2,1-7H3/t24-,28-,29-,30-/m0/s1. The summed E-state index contributed by atoms with van der Waals surface area (Å²) in [7, 11) is -2.65. The molecule has 0 fully saturated rings. The van der Waals surface area contributed by atoms with E-state index in [2.05, 4.69) is 107 Å². The van der Waals surface area contributed by atoms with Gasteiger partial charge in [0.2, 0.25) is 0 Å². The third-order valence-electron chi connectivity index (χ3n) is 8.16. The maximum atomic E-state index is 12.9. The Balaban J connectivity index is 1.72. The molecule has 198 valence electrons. The van der Waals surface area contributed by atoms with Gasteiger partial charge in [-0.15, -0.1) is 0 Å². The van der Waals surface area contributed by atoms with Crippen molar-refractivity contribution in [2.75, 3.05) is 6.61 Å². The molecule has 0 N–H and O–H groups in total. The van der Waals surface area contributed by atoms with Crippen LogP contribution in [0.3, 0.4) is 0 Å². The van der Waals surface area contributed by atoms with Crippen LogP contribution in [0, 0.1) is 23.2 Å². The van der Waals surface area contributed by atoms with E-state index in [0.29, 0.717) is 12.5 Å². The summed E-state index contributed by atoms with van der Waals surface area (Å²) in [6.07, 6.45) is 8.38. The molecule has 37 heavy (non-hydrogen) atoms. The zero-order chi connectivity index (χ0) is 26.8. The van der Waals surface area contributed by atoms with E-state index in [4.69, 9.17) is 9.16 Å². The Morgan fingerprint density at radius 2 is 1.46 bits per heavy atom. The lowest BCUT2D eigenvalue weighted by Crippen LogP contribution is -2.67. The quantitative estimate of drug-likeness (QED) is 0.317. The fourth-order valence-electron chi connectivity index (χ4n) is 6.07. The van der Waals surface area contributed by atoms with E-state index in [-0.39, 0.29) is 28.9 Å². The van der Waals surface area contributed by atoms with Crippen LogP contribution in [0.5, 0.6) is 0 Å². The van der Waals surface area contributed by atoms with E-state index in [1.54, 1.807) is 0 Å². The number of ether oxygens (including phenoxy) is 1. The van der Waals surface area contributed by atoms with E-state index in [1.165, 1.54) is 15.9 Å². The van der Waals surface area contributed by atoms with Crippen molar-refractivity contribution >= 4 is 24.7 Å². The van der Waals surface area contributed by atoms with Crippen LogP contribution in [0.4, 0.5) is 0 Å². The van der Waals surface area contributed by atoms with Crippen molar-refractivity contribution in [2.45, 2.75) is 72.5 Å². The van der Waals surface area contributed by atoms with Gasteiger partial charge >= 0.3 is 5.97 Å². The normalized spacial score (nSPS) is 24.2. The predicted molar refractivity (Wildman–Crippen MR) is 156 cm³/mol. The molecule has 0 heterocycles. The number of hydrogen-bond donors (Lipinski definition) is 0. The first-order valence-electron chi connectivity index (χ1n) is 13.8. The van der Waals surface area contributed by atoms with E-state index >= 15 is 0 Å². The van der Waals surface area contributed by atoms with Gasteiger partial charge in [-0.1, -0.05) is 107 Å². The summed E-state index contributed by atoms with van der Waals surface area (Å²) >= 11 is 0. The van der Waals surface area contributed by atoms with Crippen molar-refractivity contribution < 1.29 is 14.0 Å². The average molecular weight is 517 g/mol. The van der Waals surface area contributed by atoms with Crippen molar-refractivity contribution in [1.82, 2.24) is 0 Å². The second kappa shape index (κ2) is 10.7. The minimum atomic E-state index is -2.65. The average Bonchev–Trinajstić information content (AvgIpc) is 2.85. The lowest BCUT2D eigenvalue weighted by Gasteiger charge is -2.47. The molecule has 0 spiro atoms. The molecule has 4 atom stereocenters. The lowest BCUT2D eigenvalue weighted by atomic mass is 9.68. The van der Waals surface area contributed by atoms with Crippen LogP contribution in [0.2, 0.25) is 5.04 Å². The fourth-order valence-corrected chi connectivity index (χ4v) is 10.7. The highest BCUT2D eigenvalue weighted by Gasteiger charge is 2.51. The maximum Gasteiger partial charge on any atom is 0.311 e. The van der Waals surface area contributed by atoms with Gasteiger partial charge in [0.05, 0.1) is 5.41 Å². The second-order valence-electron chi connectivity index (χ2n) is 12.9. The number of esters is 1. The SMILES string of the molecule is C[C@H]1CC=C2C=CC[C@H](OC(=O)C(C)(C)C)[C@@H]2[C@H]1CO[Si](c1ccccc1)(c1ccccc1)C(C)(C)C. The number of carbonyl (C=O) groups excluding carboxylic acids is 1. The molecule has 0 unspecified atom stereocenters. The van der Waals surface area contributed by atoms with Gasteiger partial charge in [0.25, 0.3) is 8.32 Å². The summed E-state index contributed by atoms with van der Waals surface area (Å²) in [5.74, 6) is 0.731. The number of fused-ring (bicyclic) bond motifs is 1. The van der Waals surface area contributed by atoms with Crippen molar-refractivity contribution in [1.29, 1.82) is 0 Å². The van der Waals surface area contributed by atoms with E-state index in [9.17, 15) is 4.79 Å². The molecule has 0 radical (unpaired) electrons. The first-order valence-corrected chi connectivity index (χ1v) is 15.7. The molecule has 4 heteroatoms. The highest BCUT2D eigenvalue weighted by atomic mass is 28.4. The molecule has 0 saturated carbocycles. The summed E-state index contributed by atoms with van der Waals surface area (Å²) in [6.45, 7) is 15.7. The van der Waals surface area contributed by atoms with Gasteiger partial charge in [-0.3, -0.25) is 4.79 Å². The zero-order valence-electron chi connectivity index (χ0n) is 23.7. The van der Waals surface area contributed by atoms with Crippen LogP contribution < -0.4 is 10.4 Å². The summed E-state index contributed by atoms with van der Waals surface area (Å²) in [6, 6.07) is 21.7. The van der Waals surface area contributed by atoms with Crippen molar-refractivity contribution in [2.24, 2.45) is 23.2 Å².